The molecule has 1 atom stereocenters. The van der Waals surface area contributed by atoms with Gasteiger partial charge in [0.25, 0.3) is 0 Å². The highest BCUT2D eigenvalue weighted by molar-refractivity contribution is 6.35. The molecule has 6 heteroatoms. The molecule has 2 aromatic rings. The molecule has 0 aliphatic carbocycles. The molecule has 0 spiro atoms. The Morgan fingerprint density at radius 2 is 1.57 bits per heavy atom. The molecule has 0 saturated carbocycles. The van der Waals surface area contributed by atoms with Crippen molar-refractivity contribution in [2.75, 3.05) is 13.1 Å². The SMILES string of the molecule is CC(C)(C)CCNC(CNC1CC(C)(C)NC(C)(C)C1)Cc1ccc(OCc2c(Cl)cccc2Cl)cc1. The van der Waals surface area contributed by atoms with Crippen LogP contribution in [-0.4, -0.2) is 36.3 Å². The molecular weight excluding hydrogens is 501 g/mol. The molecule has 0 radical (unpaired) electrons. The Balaban J connectivity index is 1.60. The van der Waals surface area contributed by atoms with E-state index >= 15 is 0 Å². The summed E-state index contributed by atoms with van der Waals surface area (Å²) in [7, 11) is 0. The van der Waals surface area contributed by atoms with E-state index in [9.17, 15) is 0 Å². The molecular formula is C31H47Cl2N3O. The Kier molecular flexibility index (Phi) is 10.4. The van der Waals surface area contributed by atoms with Crippen LogP contribution in [0.1, 0.15) is 78.9 Å². The molecule has 2 aromatic carbocycles. The van der Waals surface area contributed by atoms with Crippen LogP contribution >= 0.6 is 23.2 Å². The summed E-state index contributed by atoms with van der Waals surface area (Å²) in [5, 5.41) is 12.8. The fourth-order valence-electron chi connectivity index (χ4n) is 5.48. The summed E-state index contributed by atoms with van der Waals surface area (Å²) in [6, 6.07) is 14.8. The number of ether oxygens (including phenoxy) is 1. The van der Waals surface area contributed by atoms with E-state index in [2.05, 4.69) is 76.5 Å². The van der Waals surface area contributed by atoms with Crippen LogP contribution in [0.15, 0.2) is 42.5 Å². The van der Waals surface area contributed by atoms with Crippen molar-refractivity contribution >= 4 is 23.2 Å². The van der Waals surface area contributed by atoms with Gasteiger partial charge in [0.2, 0.25) is 0 Å². The minimum absolute atomic E-state index is 0.138. The van der Waals surface area contributed by atoms with E-state index in [0.29, 0.717) is 34.2 Å². The van der Waals surface area contributed by atoms with E-state index in [4.69, 9.17) is 27.9 Å². The van der Waals surface area contributed by atoms with E-state index in [1.54, 1.807) is 0 Å². The van der Waals surface area contributed by atoms with Gasteiger partial charge in [0.05, 0.1) is 0 Å². The van der Waals surface area contributed by atoms with Gasteiger partial charge in [-0.2, -0.15) is 0 Å². The summed E-state index contributed by atoms with van der Waals surface area (Å²) in [5.41, 5.74) is 2.70. The molecule has 37 heavy (non-hydrogen) atoms. The van der Waals surface area contributed by atoms with E-state index in [-0.39, 0.29) is 11.1 Å². The van der Waals surface area contributed by atoms with Gasteiger partial charge in [-0.3, -0.25) is 0 Å². The first kappa shape index (κ1) is 30.2. The molecule has 0 amide bonds. The summed E-state index contributed by atoms with van der Waals surface area (Å²) >= 11 is 12.6. The predicted octanol–water partition coefficient (Wildman–Crippen LogP) is 7.41. The molecule has 206 valence electrons. The maximum absolute atomic E-state index is 6.28. The van der Waals surface area contributed by atoms with Crippen LogP contribution in [0.5, 0.6) is 5.75 Å². The number of nitrogens with one attached hydrogen (secondary N) is 3. The number of halogens is 2. The van der Waals surface area contributed by atoms with E-state index in [1.807, 2.05) is 30.3 Å². The molecule has 1 unspecified atom stereocenters. The summed E-state index contributed by atoms with van der Waals surface area (Å²) in [6.07, 6.45) is 4.37. The largest absolute Gasteiger partial charge is 0.489 e. The Morgan fingerprint density at radius 1 is 0.973 bits per heavy atom. The maximum atomic E-state index is 6.28. The highest BCUT2D eigenvalue weighted by Gasteiger charge is 2.37. The summed E-state index contributed by atoms with van der Waals surface area (Å²) in [5.74, 6) is 0.814. The van der Waals surface area contributed by atoms with E-state index in [1.165, 1.54) is 5.56 Å². The number of rotatable bonds is 11. The van der Waals surface area contributed by atoms with Crippen molar-refractivity contribution in [3.8, 4) is 5.75 Å². The molecule has 4 nitrogen and oxygen atoms in total. The fourth-order valence-corrected chi connectivity index (χ4v) is 5.98. The topological polar surface area (TPSA) is 45.3 Å². The van der Waals surface area contributed by atoms with Gasteiger partial charge in [-0.1, -0.05) is 62.2 Å². The van der Waals surface area contributed by atoms with Gasteiger partial charge in [0.15, 0.2) is 0 Å². The molecule has 1 saturated heterocycles. The monoisotopic (exact) mass is 547 g/mol. The van der Waals surface area contributed by atoms with Gasteiger partial charge in [-0.15, -0.1) is 0 Å². The minimum atomic E-state index is 0.138. The van der Waals surface area contributed by atoms with Crippen LogP contribution in [-0.2, 0) is 13.0 Å². The number of benzene rings is 2. The third kappa shape index (κ3) is 10.4. The van der Waals surface area contributed by atoms with Crippen LogP contribution in [0, 0.1) is 5.41 Å². The highest BCUT2D eigenvalue weighted by Crippen LogP contribution is 2.29. The minimum Gasteiger partial charge on any atom is -0.489 e. The number of hydrogen-bond donors (Lipinski definition) is 3. The number of hydrogen-bond acceptors (Lipinski definition) is 4. The normalized spacial score (nSPS) is 18.5. The van der Waals surface area contributed by atoms with Crippen LogP contribution in [0.25, 0.3) is 0 Å². The Hall–Kier alpha value is -1.30. The molecule has 3 N–H and O–H groups in total. The van der Waals surface area contributed by atoms with Crippen LogP contribution < -0.4 is 20.7 Å². The third-order valence-electron chi connectivity index (χ3n) is 7.00. The average molecular weight is 549 g/mol. The van der Waals surface area contributed by atoms with Gasteiger partial charge in [0, 0.05) is 45.3 Å². The van der Waals surface area contributed by atoms with Crippen molar-refractivity contribution in [3.63, 3.8) is 0 Å². The molecule has 1 fully saturated rings. The fraction of sp³-hybridized carbons (Fsp3) is 0.613. The lowest BCUT2D eigenvalue weighted by molar-refractivity contribution is 0.144. The van der Waals surface area contributed by atoms with Crippen molar-refractivity contribution in [3.05, 3.63) is 63.6 Å². The first-order chi connectivity index (χ1) is 17.2. The number of piperidine rings is 1. The lowest BCUT2D eigenvalue weighted by Gasteiger charge is -2.47. The molecule has 1 aliphatic heterocycles. The van der Waals surface area contributed by atoms with Crippen molar-refractivity contribution in [1.82, 2.24) is 16.0 Å². The predicted molar refractivity (Wildman–Crippen MR) is 159 cm³/mol. The Labute approximate surface area is 235 Å². The quantitative estimate of drug-likeness (QED) is 0.274. The summed E-state index contributed by atoms with van der Waals surface area (Å²) in [6.45, 7) is 18.5. The zero-order valence-corrected chi connectivity index (χ0v) is 25.3. The van der Waals surface area contributed by atoms with Crippen molar-refractivity contribution in [2.45, 2.75) is 104 Å². The highest BCUT2D eigenvalue weighted by atomic mass is 35.5. The lowest BCUT2D eigenvalue weighted by Crippen LogP contribution is -2.62. The molecule has 3 rings (SSSR count). The zero-order chi connectivity index (χ0) is 27.3. The summed E-state index contributed by atoms with van der Waals surface area (Å²) < 4.78 is 5.98. The second-order valence-corrected chi connectivity index (χ2v) is 14.0. The van der Waals surface area contributed by atoms with Crippen molar-refractivity contribution < 1.29 is 4.74 Å². The average Bonchev–Trinajstić information content (AvgIpc) is 2.75. The second-order valence-electron chi connectivity index (χ2n) is 13.2. The maximum Gasteiger partial charge on any atom is 0.119 e. The smallest absolute Gasteiger partial charge is 0.119 e. The van der Waals surface area contributed by atoms with Crippen molar-refractivity contribution in [2.24, 2.45) is 5.41 Å². The van der Waals surface area contributed by atoms with E-state index in [0.717, 1.165) is 50.1 Å². The molecule has 1 aliphatic rings. The van der Waals surface area contributed by atoms with E-state index < -0.39 is 0 Å². The van der Waals surface area contributed by atoms with Gasteiger partial charge >= 0.3 is 0 Å². The van der Waals surface area contributed by atoms with Crippen LogP contribution in [0.2, 0.25) is 10.0 Å². The van der Waals surface area contributed by atoms with Gasteiger partial charge in [0.1, 0.15) is 12.4 Å². The zero-order valence-electron chi connectivity index (χ0n) is 23.8. The van der Waals surface area contributed by atoms with Gasteiger partial charge < -0.3 is 20.7 Å². The first-order valence-corrected chi connectivity index (χ1v) is 14.4. The molecule has 1 heterocycles. The lowest BCUT2D eigenvalue weighted by atomic mass is 9.79. The van der Waals surface area contributed by atoms with Crippen molar-refractivity contribution in [1.29, 1.82) is 0 Å². The molecule has 0 aromatic heterocycles. The summed E-state index contributed by atoms with van der Waals surface area (Å²) in [4.78, 5) is 0. The van der Waals surface area contributed by atoms with Crippen LogP contribution in [0.4, 0.5) is 0 Å². The first-order valence-electron chi connectivity index (χ1n) is 13.6. The second kappa shape index (κ2) is 12.7. The Bertz CT molecular complexity index is 962. The standard InChI is InChI=1S/C31H47Cl2N3O/c1-29(2,3)15-16-34-23(20-35-24-18-30(4,5)36-31(6,7)19-24)17-22-11-13-25(14-12-22)37-21-26-27(32)9-8-10-28(26)33/h8-14,23-24,34-36H,15-21H2,1-7H3. The van der Waals surface area contributed by atoms with Gasteiger partial charge in [-0.25, -0.2) is 0 Å². The van der Waals surface area contributed by atoms with Crippen LogP contribution in [0.3, 0.4) is 0 Å². The molecule has 0 bridgehead atoms. The third-order valence-corrected chi connectivity index (χ3v) is 7.71. The van der Waals surface area contributed by atoms with Gasteiger partial charge in [-0.05, 0) is 95.2 Å². The Morgan fingerprint density at radius 3 is 2.14 bits per heavy atom.